The van der Waals surface area contributed by atoms with Gasteiger partial charge in [0.15, 0.2) is 0 Å². The number of ether oxygens (including phenoxy) is 1. The molecule has 0 saturated carbocycles. The molecule has 2 aromatic rings. The van der Waals surface area contributed by atoms with E-state index in [4.69, 9.17) is 9.72 Å². The molecule has 1 heterocycles. The minimum Gasteiger partial charge on any atom is -0.496 e. The van der Waals surface area contributed by atoms with Gasteiger partial charge in [0.1, 0.15) is 11.6 Å². The Morgan fingerprint density at radius 3 is 2.33 bits per heavy atom. The maximum Gasteiger partial charge on any atom is 0.124 e. The highest BCUT2D eigenvalue weighted by molar-refractivity contribution is 5.83. The Balaban J connectivity index is 2.82. The van der Waals surface area contributed by atoms with Crippen molar-refractivity contribution in [2.24, 2.45) is 0 Å². The quantitative estimate of drug-likeness (QED) is 0.816. The van der Waals surface area contributed by atoms with E-state index >= 15 is 0 Å². The van der Waals surface area contributed by atoms with Gasteiger partial charge in [0, 0.05) is 11.6 Å². The third-order valence-electron chi connectivity index (χ3n) is 3.35. The van der Waals surface area contributed by atoms with Crippen molar-refractivity contribution < 1.29 is 4.74 Å². The van der Waals surface area contributed by atoms with E-state index in [1.54, 1.807) is 7.11 Å². The van der Waals surface area contributed by atoms with Crippen molar-refractivity contribution in [3.05, 3.63) is 23.5 Å². The summed E-state index contributed by atoms with van der Waals surface area (Å²) in [5.74, 6) is 2.40. The second-order valence-corrected chi connectivity index (χ2v) is 5.33. The van der Waals surface area contributed by atoms with Crippen molar-refractivity contribution >= 4 is 11.0 Å². The molecular weight excluding hydrogens is 224 g/mol. The summed E-state index contributed by atoms with van der Waals surface area (Å²) >= 11 is 0. The van der Waals surface area contributed by atoms with Crippen molar-refractivity contribution in [3.63, 3.8) is 0 Å². The van der Waals surface area contributed by atoms with Crippen molar-refractivity contribution in [2.75, 3.05) is 7.11 Å². The summed E-state index contributed by atoms with van der Waals surface area (Å²) in [6, 6.07) is 4.58. The molecule has 0 aliphatic rings. The van der Waals surface area contributed by atoms with Crippen LogP contribution in [0.2, 0.25) is 0 Å². The molecule has 0 N–H and O–H groups in total. The molecule has 0 saturated heterocycles. The predicted molar refractivity (Wildman–Crippen MR) is 75.5 cm³/mol. The average Bonchev–Trinajstić information content (AvgIpc) is 2.62. The summed E-state index contributed by atoms with van der Waals surface area (Å²) in [5.41, 5.74) is 3.49. The SMILES string of the molecule is COc1ccc2c(nc(C)n2C(C)C)c1C(C)C. The minimum atomic E-state index is 0.401. The molecule has 3 nitrogen and oxygen atoms in total. The molecule has 0 spiro atoms. The lowest BCUT2D eigenvalue weighted by Crippen LogP contribution is -2.03. The van der Waals surface area contributed by atoms with Crippen molar-refractivity contribution in [1.29, 1.82) is 0 Å². The van der Waals surface area contributed by atoms with Crippen LogP contribution in [0.4, 0.5) is 0 Å². The van der Waals surface area contributed by atoms with Gasteiger partial charge in [-0.2, -0.15) is 0 Å². The van der Waals surface area contributed by atoms with Crippen molar-refractivity contribution in [2.45, 2.75) is 46.6 Å². The molecule has 2 rings (SSSR count). The van der Waals surface area contributed by atoms with E-state index in [0.717, 1.165) is 17.1 Å². The number of imidazole rings is 1. The first kappa shape index (κ1) is 12.9. The maximum absolute atomic E-state index is 5.48. The van der Waals surface area contributed by atoms with Gasteiger partial charge in [-0.15, -0.1) is 0 Å². The highest BCUT2D eigenvalue weighted by atomic mass is 16.5. The lowest BCUT2D eigenvalue weighted by Gasteiger charge is -2.14. The van der Waals surface area contributed by atoms with E-state index in [1.165, 1.54) is 11.1 Å². The molecule has 0 fully saturated rings. The van der Waals surface area contributed by atoms with Crippen LogP contribution in [0.5, 0.6) is 5.75 Å². The molecular formula is C15H22N2O. The fourth-order valence-electron chi connectivity index (χ4n) is 2.67. The minimum absolute atomic E-state index is 0.401. The lowest BCUT2D eigenvalue weighted by molar-refractivity contribution is 0.408. The fourth-order valence-corrected chi connectivity index (χ4v) is 2.67. The topological polar surface area (TPSA) is 27.1 Å². The number of aryl methyl sites for hydroxylation is 1. The molecule has 0 radical (unpaired) electrons. The molecule has 0 atom stereocenters. The van der Waals surface area contributed by atoms with Gasteiger partial charge in [0.2, 0.25) is 0 Å². The number of methoxy groups -OCH3 is 1. The largest absolute Gasteiger partial charge is 0.496 e. The van der Waals surface area contributed by atoms with Gasteiger partial charge in [0.05, 0.1) is 18.1 Å². The molecule has 0 aliphatic carbocycles. The Labute approximate surface area is 109 Å². The Morgan fingerprint density at radius 1 is 1.17 bits per heavy atom. The Hall–Kier alpha value is -1.51. The third-order valence-corrected chi connectivity index (χ3v) is 3.35. The lowest BCUT2D eigenvalue weighted by atomic mass is 10.0. The Morgan fingerprint density at radius 2 is 1.83 bits per heavy atom. The number of fused-ring (bicyclic) bond motifs is 1. The van der Waals surface area contributed by atoms with Gasteiger partial charge in [-0.05, 0) is 38.8 Å². The van der Waals surface area contributed by atoms with Crippen LogP contribution >= 0.6 is 0 Å². The van der Waals surface area contributed by atoms with Crippen LogP contribution in [0.15, 0.2) is 12.1 Å². The van der Waals surface area contributed by atoms with E-state index < -0.39 is 0 Å². The van der Waals surface area contributed by atoms with Crippen molar-refractivity contribution in [1.82, 2.24) is 9.55 Å². The highest BCUT2D eigenvalue weighted by Crippen LogP contribution is 2.34. The third kappa shape index (κ3) is 1.88. The number of rotatable bonds is 3. The Kier molecular flexibility index (Phi) is 3.33. The zero-order chi connectivity index (χ0) is 13.4. The molecule has 3 heteroatoms. The highest BCUT2D eigenvalue weighted by Gasteiger charge is 2.18. The number of hydrogen-bond donors (Lipinski definition) is 0. The first-order valence-corrected chi connectivity index (χ1v) is 6.52. The summed E-state index contributed by atoms with van der Waals surface area (Å²) in [5, 5.41) is 0. The summed E-state index contributed by atoms with van der Waals surface area (Å²) in [4.78, 5) is 4.75. The number of aromatic nitrogens is 2. The fraction of sp³-hybridized carbons (Fsp3) is 0.533. The summed E-state index contributed by atoms with van der Waals surface area (Å²) in [6.45, 7) is 10.8. The van der Waals surface area contributed by atoms with Crippen LogP contribution in [-0.4, -0.2) is 16.7 Å². The van der Waals surface area contributed by atoms with Crippen LogP contribution in [0.1, 0.15) is 51.0 Å². The van der Waals surface area contributed by atoms with Crippen molar-refractivity contribution in [3.8, 4) is 5.75 Å². The molecule has 98 valence electrons. The van der Waals surface area contributed by atoms with Gasteiger partial charge >= 0.3 is 0 Å². The zero-order valence-corrected chi connectivity index (χ0v) is 12.1. The van der Waals surface area contributed by atoms with E-state index in [2.05, 4.69) is 51.3 Å². The smallest absolute Gasteiger partial charge is 0.124 e. The van der Waals surface area contributed by atoms with E-state index in [-0.39, 0.29) is 0 Å². The second-order valence-electron chi connectivity index (χ2n) is 5.33. The van der Waals surface area contributed by atoms with Crippen LogP contribution in [0, 0.1) is 6.92 Å². The second kappa shape index (κ2) is 4.63. The van der Waals surface area contributed by atoms with Gasteiger partial charge in [0.25, 0.3) is 0 Å². The summed E-state index contributed by atoms with van der Waals surface area (Å²) in [6.07, 6.45) is 0. The molecule has 0 aliphatic heterocycles. The van der Waals surface area contributed by atoms with Crippen LogP contribution in [0.3, 0.4) is 0 Å². The number of benzene rings is 1. The normalized spacial score (nSPS) is 11.8. The summed E-state index contributed by atoms with van der Waals surface area (Å²) < 4.78 is 7.75. The molecule has 1 aromatic heterocycles. The molecule has 0 amide bonds. The average molecular weight is 246 g/mol. The van der Waals surface area contributed by atoms with E-state index in [9.17, 15) is 0 Å². The number of hydrogen-bond acceptors (Lipinski definition) is 2. The van der Waals surface area contributed by atoms with Gasteiger partial charge in [-0.25, -0.2) is 4.98 Å². The molecule has 0 bridgehead atoms. The maximum atomic E-state index is 5.48. The van der Waals surface area contributed by atoms with Crippen LogP contribution in [-0.2, 0) is 0 Å². The van der Waals surface area contributed by atoms with Crippen LogP contribution in [0.25, 0.3) is 11.0 Å². The molecule has 18 heavy (non-hydrogen) atoms. The molecule has 0 unspecified atom stereocenters. The Bertz CT molecular complexity index is 567. The summed E-state index contributed by atoms with van der Waals surface area (Å²) in [7, 11) is 1.72. The first-order chi connectivity index (χ1) is 8.47. The molecule has 1 aromatic carbocycles. The zero-order valence-electron chi connectivity index (χ0n) is 12.1. The monoisotopic (exact) mass is 246 g/mol. The predicted octanol–water partition coefficient (Wildman–Crippen LogP) is 4.06. The van der Waals surface area contributed by atoms with Gasteiger partial charge < -0.3 is 9.30 Å². The van der Waals surface area contributed by atoms with E-state index in [0.29, 0.717) is 12.0 Å². The van der Waals surface area contributed by atoms with E-state index in [1.807, 2.05) is 0 Å². The van der Waals surface area contributed by atoms with Crippen LogP contribution < -0.4 is 4.74 Å². The van der Waals surface area contributed by atoms with Gasteiger partial charge in [-0.3, -0.25) is 0 Å². The van der Waals surface area contributed by atoms with Gasteiger partial charge in [-0.1, -0.05) is 13.8 Å². The number of nitrogens with zero attached hydrogens (tertiary/aromatic N) is 2. The standard InChI is InChI=1S/C15H22N2O/c1-9(2)14-13(18-6)8-7-12-15(14)16-11(5)17(12)10(3)4/h7-10H,1-6H3. The first-order valence-electron chi connectivity index (χ1n) is 6.52.